The van der Waals surface area contributed by atoms with Crippen LogP contribution in [0.1, 0.15) is 21.5 Å². The highest BCUT2D eigenvalue weighted by Gasteiger charge is 2.10. The molecule has 0 unspecified atom stereocenters. The third-order valence-corrected chi connectivity index (χ3v) is 4.78. The van der Waals surface area contributed by atoms with Gasteiger partial charge >= 0.3 is 11.9 Å². The van der Waals surface area contributed by atoms with Crippen LogP contribution in [-0.2, 0) is 19.1 Å². The maximum absolute atomic E-state index is 11.9. The van der Waals surface area contributed by atoms with Gasteiger partial charge in [0.1, 0.15) is 0 Å². The highest BCUT2D eigenvalue weighted by Crippen LogP contribution is 2.23. The van der Waals surface area contributed by atoms with E-state index < -0.39 is 17.8 Å². The lowest BCUT2D eigenvalue weighted by atomic mass is 10.2. The fourth-order valence-corrected chi connectivity index (χ4v) is 3.10. The van der Waals surface area contributed by atoms with Crippen molar-refractivity contribution in [2.75, 3.05) is 24.8 Å². The van der Waals surface area contributed by atoms with Crippen LogP contribution in [0.3, 0.4) is 0 Å². The summed E-state index contributed by atoms with van der Waals surface area (Å²) in [6.45, 7) is 3.63. The average Bonchev–Trinajstić information content (AvgIpc) is 2.65. The molecule has 0 aliphatic heterocycles. The molecule has 1 N–H and O–H groups in total. The summed E-state index contributed by atoms with van der Waals surface area (Å²) in [4.78, 5) is 36.1. The van der Waals surface area contributed by atoms with E-state index in [2.05, 4.69) is 10.1 Å². The van der Waals surface area contributed by atoms with Gasteiger partial charge in [-0.25, -0.2) is 4.79 Å². The number of hydrogen-bond donors (Lipinski definition) is 1. The van der Waals surface area contributed by atoms with Gasteiger partial charge < -0.3 is 14.8 Å². The van der Waals surface area contributed by atoms with E-state index in [1.165, 1.54) is 31.0 Å². The Kier molecular flexibility index (Phi) is 7.43. The summed E-state index contributed by atoms with van der Waals surface area (Å²) in [5.41, 5.74) is 3.13. The number of carbonyl (C=O) groups is 3. The molecule has 0 saturated carbocycles. The van der Waals surface area contributed by atoms with Crippen LogP contribution in [0.4, 0.5) is 5.69 Å². The van der Waals surface area contributed by atoms with Crippen molar-refractivity contribution in [3.8, 4) is 0 Å². The first-order valence-electron chi connectivity index (χ1n) is 8.23. The first-order chi connectivity index (χ1) is 12.9. The third kappa shape index (κ3) is 6.45. The number of methoxy groups -OCH3 is 1. The maximum Gasteiger partial charge on any atom is 0.337 e. The largest absolute Gasteiger partial charge is 0.465 e. The summed E-state index contributed by atoms with van der Waals surface area (Å²) in [6.07, 6.45) is 0. The summed E-state index contributed by atoms with van der Waals surface area (Å²) in [5.74, 6) is -1.24. The van der Waals surface area contributed by atoms with E-state index in [-0.39, 0.29) is 12.4 Å². The van der Waals surface area contributed by atoms with Gasteiger partial charge in [0.15, 0.2) is 6.61 Å². The number of aryl methyl sites for hydroxylation is 2. The third-order valence-electron chi connectivity index (χ3n) is 3.63. The van der Waals surface area contributed by atoms with Crippen LogP contribution in [-0.4, -0.2) is 37.3 Å². The molecule has 0 bridgehead atoms. The quantitative estimate of drug-likeness (QED) is 0.579. The summed E-state index contributed by atoms with van der Waals surface area (Å²) in [5, 5.41) is 2.60. The molecule has 2 aromatic carbocycles. The molecule has 0 saturated heterocycles. The molecule has 0 aromatic heterocycles. The smallest absolute Gasteiger partial charge is 0.337 e. The first kappa shape index (κ1) is 20.5. The lowest BCUT2D eigenvalue weighted by Crippen LogP contribution is -2.21. The minimum atomic E-state index is -0.462. The van der Waals surface area contributed by atoms with Crippen LogP contribution in [0.2, 0.25) is 0 Å². The van der Waals surface area contributed by atoms with Crippen molar-refractivity contribution >= 4 is 35.3 Å². The van der Waals surface area contributed by atoms with Gasteiger partial charge in [-0.05, 0) is 49.7 Å². The van der Waals surface area contributed by atoms with Crippen molar-refractivity contribution in [3.05, 3.63) is 59.2 Å². The summed E-state index contributed by atoms with van der Waals surface area (Å²) in [6, 6.07) is 12.2. The van der Waals surface area contributed by atoms with E-state index >= 15 is 0 Å². The Morgan fingerprint density at radius 3 is 2.37 bits per heavy atom. The number of benzene rings is 2. The highest BCUT2D eigenvalue weighted by molar-refractivity contribution is 8.00. The van der Waals surface area contributed by atoms with Gasteiger partial charge in [0, 0.05) is 10.6 Å². The van der Waals surface area contributed by atoms with Crippen molar-refractivity contribution in [3.63, 3.8) is 0 Å². The van der Waals surface area contributed by atoms with E-state index in [1.54, 1.807) is 12.1 Å². The zero-order valence-electron chi connectivity index (χ0n) is 15.4. The zero-order valence-corrected chi connectivity index (χ0v) is 16.2. The average molecular weight is 387 g/mol. The van der Waals surface area contributed by atoms with Gasteiger partial charge in [0.05, 0.1) is 18.4 Å². The van der Waals surface area contributed by atoms with Crippen LogP contribution < -0.4 is 5.32 Å². The number of ether oxygens (including phenoxy) is 2. The molecule has 6 nitrogen and oxygen atoms in total. The van der Waals surface area contributed by atoms with Crippen LogP contribution in [0.25, 0.3) is 0 Å². The molecule has 1 amide bonds. The van der Waals surface area contributed by atoms with E-state index in [0.29, 0.717) is 11.3 Å². The number of esters is 2. The molecule has 0 fully saturated rings. The monoisotopic (exact) mass is 387 g/mol. The molecule has 142 valence electrons. The molecule has 0 spiro atoms. The fourth-order valence-electron chi connectivity index (χ4n) is 2.29. The Hall–Kier alpha value is -2.80. The van der Waals surface area contributed by atoms with Crippen LogP contribution in [0, 0.1) is 13.8 Å². The van der Waals surface area contributed by atoms with Crippen molar-refractivity contribution in [2.45, 2.75) is 18.7 Å². The first-order valence-corrected chi connectivity index (χ1v) is 9.21. The van der Waals surface area contributed by atoms with Crippen molar-refractivity contribution in [1.29, 1.82) is 0 Å². The van der Waals surface area contributed by atoms with Gasteiger partial charge in [-0.3, -0.25) is 9.59 Å². The Morgan fingerprint density at radius 2 is 1.74 bits per heavy atom. The summed E-state index contributed by atoms with van der Waals surface area (Å²) < 4.78 is 9.60. The van der Waals surface area contributed by atoms with Crippen LogP contribution in [0.15, 0.2) is 47.4 Å². The normalized spacial score (nSPS) is 10.2. The van der Waals surface area contributed by atoms with Crippen LogP contribution in [0.5, 0.6) is 0 Å². The lowest BCUT2D eigenvalue weighted by Gasteiger charge is -2.08. The second-order valence-electron chi connectivity index (χ2n) is 5.84. The molecular weight excluding hydrogens is 366 g/mol. The van der Waals surface area contributed by atoms with Gasteiger partial charge in [-0.2, -0.15) is 0 Å². The topological polar surface area (TPSA) is 81.7 Å². The molecule has 0 aliphatic carbocycles. The number of nitrogens with one attached hydrogen (secondary N) is 1. The molecule has 27 heavy (non-hydrogen) atoms. The Labute approximate surface area is 162 Å². The molecule has 0 heterocycles. The van der Waals surface area contributed by atoms with Gasteiger partial charge in [-0.15, -0.1) is 11.8 Å². The standard InChI is InChI=1S/C20H21NO5S/c1-13-4-9-17(14(2)10-13)27-12-19(23)26-11-18(22)21-16-7-5-15(6-8-16)20(24)25-3/h4-10H,11-12H2,1-3H3,(H,21,22). The molecule has 2 aromatic rings. The van der Waals surface area contributed by atoms with E-state index in [9.17, 15) is 14.4 Å². The van der Waals surface area contributed by atoms with E-state index in [4.69, 9.17) is 4.74 Å². The Morgan fingerprint density at radius 1 is 1.04 bits per heavy atom. The summed E-state index contributed by atoms with van der Waals surface area (Å²) >= 11 is 1.38. The SMILES string of the molecule is COC(=O)c1ccc(NC(=O)COC(=O)CSc2ccc(C)cc2C)cc1. The Bertz CT molecular complexity index is 833. The van der Waals surface area contributed by atoms with Gasteiger partial charge in [0.25, 0.3) is 5.91 Å². The molecular formula is C20H21NO5S. The number of carbonyl (C=O) groups excluding carboxylic acids is 3. The number of rotatable bonds is 7. The molecule has 0 radical (unpaired) electrons. The maximum atomic E-state index is 11.9. The number of hydrogen-bond acceptors (Lipinski definition) is 6. The second kappa shape index (κ2) is 9.78. The fraction of sp³-hybridized carbons (Fsp3) is 0.250. The van der Waals surface area contributed by atoms with E-state index in [0.717, 1.165) is 16.0 Å². The molecule has 7 heteroatoms. The lowest BCUT2D eigenvalue weighted by molar-refractivity contribution is -0.144. The number of amides is 1. The van der Waals surface area contributed by atoms with Crippen LogP contribution >= 0.6 is 11.8 Å². The predicted molar refractivity (Wildman–Crippen MR) is 104 cm³/mol. The number of anilines is 1. The van der Waals surface area contributed by atoms with Gasteiger partial charge in [-0.1, -0.05) is 17.7 Å². The Balaban J connectivity index is 1.76. The molecule has 0 atom stereocenters. The second-order valence-corrected chi connectivity index (χ2v) is 6.85. The van der Waals surface area contributed by atoms with Crippen molar-refractivity contribution in [1.82, 2.24) is 0 Å². The highest BCUT2D eigenvalue weighted by atomic mass is 32.2. The van der Waals surface area contributed by atoms with E-state index in [1.807, 2.05) is 32.0 Å². The van der Waals surface area contributed by atoms with Crippen molar-refractivity contribution in [2.24, 2.45) is 0 Å². The zero-order chi connectivity index (χ0) is 19.8. The molecule has 0 aliphatic rings. The van der Waals surface area contributed by atoms with Gasteiger partial charge in [0.2, 0.25) is 0 Å². The summed E-state index contributed by atoms with van der Waals surface area (Å²) in [7, 11) is 1.30. The molecule has 2 rings (SSSR count). The number of thioether (sulfide) groups is 1. The minimum absolute atomic E-state index is 0.130. The van der Waals surface area contributed by atoms with Crippen molar-refractivity contribution < 1.29 is 23.9 Å². The predicted octanol–water partition coefficient (Wildman–Crippen LogP) is 3.36. The minimum Gasteiger partial charge on any atom is -0.465 e.